The van der Waals surface area contributed by atoms with Crippen molar-refractivity contribution in [3.8, 4) is 22.8 Å². The predicted molar refractivity (Wildman–Crippen MR) is 129 cm³/mol. The number of ether oxygens (including phenoxy) is 1. The van der Waals surface area contributed by atoms with E-state index in [9.17, 15) is 4.79 Å². The molecule has 2 aromatic heterocycles. The van der Waals surface area contributed by atoms with Crippen LogP contribution < -0.4 is 10.1 Å². The van der Waals surface area contributed by atoms with E-state index in [4.69, 9.17) is 4.74 Å². The van der Waals surface area contributed by atoms with E-state index in [0.717, 1.165) is 58.5 Å². The fourth-order valence-corrected chi connectivity index (χ4v) is 4.28. The van der Waals surface area contributed by atoms with Gasteiger partial charge in [-0.1, -0.05) is 13.0 Å². The average molecular weight is 442 g/mol. The molecule has 7 nitrogen and oxygen atoms in total. The minimum absolute atomic E-state index is 0.00731. The zero-order valence-corrected chi connectivity index (χ0v) is 19.1. The normalized spacial score (nSPS) is 14.3. The number of amides is 1. The smallest absolute Gasteiger partial charge is 0.251 e. The lowest BCUT2D eigenvalue weighted by Gasteiger charge is -2.36. The third-order valence-electron chi connectivity index (χ3n) is 6.11. The Hall–Kier alpha value is -3.71. The summed E-state index contributed by atoms with van der Waals surface area (Å²) in [5.41, 5.74) is 4.51. The van der Waals surface area contributed by atoms with Crippen LogP contribution in [-0.2, 0) is 13.5 Å². The van der Waals surface area contributed by atoms with Crippen molar-refractivity contribution < 1.29 is 9.53 Å². The summed E-state index contributed by atoms with van der Waals surface area (Å²) in [5.74, 6) is 1.44. The molecule has 1 amide bonds. The number of carbonyl (C=O) groups is 1. The molecular formula is C26H27N5O2. The van der Waals surface area contributed by atoms with Crippen LogP contribution in [0.3, 0.4) is 0 Å². The van der Waals surface area contributed by atoms with E-state index in [1.165, 1.54) is 0 Å². The van der Waals surface area contributed by atoms with Crippen molar-refractivity contribution in [2.45, 2.75) is 19.4 Å². The van der Waals surface area contributed by atoms with Crippen molar-refractivity contribution >= 4 is 16.8 Å². The molecule has 0 spiro atoms. The van der Waals surface area contributed by atoms with Gasteiger partial charge in [-0.3, -0.25) is 14.5 Å². The molecule has 33 heavy (non-hydrogen) atoms. The maximum absolute atomic E-state index is 12.8. The molecule has 168 valence electrons. The first-order valence-corrected chi connectivity index (χ1v) is 11.2. The molecule has 0 unspecified atom stereocenters. The number of aryl methyl sites for hydroxylation is 2. The van der Waals surface area contributed by atoms with Crippen LogP contribution in [0.15, 0.2) is 60.9 Å². The third kappa shape index (κ3) is 4.32. The summed E-state index contributed by atoms with van der Waals surface area (Å²) in [6.45, 7) is 3.86. The van der Waals surface area contributed by atoms with Crippen LogP contribution in [0.2, 0.25) is 0 Å². The Morgan fingerprint density at radius 1 is 1.09 bits per heavy atom. The second-order valence-electron chi connectivity index (χ2n) is 8.58. The highest BCUT2D eigenvalue weighted by atomic mass is 16.5. The summed E-state index contributed by atoms with van der Waals surface area (Å²) in [6, 6.07) is 15.8. The molecule has 0 radical (unpaired) electrons. The van der Waals surface area contributed by atoms with Gasteiger partial charge in [-0.2, -0.15) is 5.10 Å². The highest BCUT2D eigenvalue weighted by Crippen LogP contribution is 2.29. The number of likely N-dealkylation sites (N-methyl/N-ethyl adjacent to an activating group) is 1. The van der Waals surface area contributed by atoms with E-state index in [1.54, 1.807) is 6.20 Å². The number of hydrogen-bond donors (Lipinski definition) is 1. The Morgan fingerprint density at radius 3 is 2.70 bits per heavy atom. The second-order valence-corrected chi connectivity index (χ2v) is 8.58. The molecule has 1 fully saturated rings. The minimum atomic E-state index is -0.00731. The van der Waals surface area contributed by atoms with E-state index in [0.29, 0.717) is 5.75 Å². The van der Waals surface area contributed by atoms with Crippen LogP contribution in [0.1, 0.15) is 22.8 Å². The van der Waals surface area contributed by atoms with Gasteiger partial charge in [-0.05, 0) is 49.4 Å². The van der Waals surface area contributed by atoms with Gasteiger partial charge in [0.05, 0.1) is 23.4 Å². The Balaban J connectivity index is 1.37. The summed E-state index contributed by atoms with van der Waals surface area (Å²) in [4.78, 5) is 19.5. The Bertz CT molecular complexity index is 1320. The first-order valence-electron chi connectivity index (χ1n) is 11.2. The van der Waals surface area contributed by atoms with E-state index in [1.807, 2.05) is 60.4 Å². The number of benzene rings is 2. The Morgan fingerprint density at radius 2 is 1.91 bits per heavy atom. The molecule has 1 aliphatic rings. The third-order valence-corrected chi connectivity index (χ3v) is 6.11. The molecule has 3 heterocycles. The van der Waals surface area contributed by atoms with Crippen LogP contribution in [-0.4, -0.2) is 51.8 Å². The average Bonchev–Trinajstić information content (AvgIpc) is 3.18. The van der Waals surface area contributed by atoms with Gasteiger partial charge in [0.25, 0.3) is 5.91 Å². The first kappa shape index (κ1) is 21.2. The van der Waals surface area contributed by atoms with E-state index < -0.39 is 0 Å². The van der Waals surface area contributed by atoms with Crippen LogP contribution in [0, 0.1) is 0 Å². The Kier molecular flexibility index (Phi) is 5.56. The van der Waals surface area contributed by atoms with Gasteiger partial charge in [0.2, 0.25) is 0 Å². The van der Waals surface area contributed by atoms with Crippen molar-refractivity contribution in [3.63, 3.8) is 0 Å². The molecule has 1 saturated heterocycles. The summed E-state index contributed by atoms with van der Waals surface area (Å²) in [5, 5.41) is 8.48. The SMILES string of the molecule is CCc1cc(-c2cc(Oc3ccc4cnn(C)c4c3)ccn2)ccc1C(=O)NC1CN(C)C1. The first-order chi connectivity index (χ1) is 16.0. The van der Waals surface area contributed by atoms with Gasteiger partial charge in [-0.15, -0.1) is 0 Å². The molecule has 1 N–H and O–H groups in total. The molecule has 0 saturated carbocycles. The molecule has 1 aliphatic heterocycles. The molecule has 2 aromatic carbocycles. The summed E-state index contributed by atoms with van der Waals surface area (Å²) < 4.78 is 7.94. The van der Waals surface area contributed by atoms with Crippen molar-refractivity contribution in [1.82, 2.24) is 25.0 Å². The monoisotopic (exact) mass is 441 g/mol. The largest absolute Gasteiger partial charge is 0.457 e. The number of aromatic nitrogens is 3. The summed E-state index contributed by atoms with van der Waals surface area (Å²) >= 11 is 0. The maximum atomic E-state index is 12.8. The van der Waals surface area contributed by atoms with Gasteiger partial charge in [0.15, 0.2) is 0 Å². The highest BCUT2D eigenvalue weighted by molar-refractivity contribution is 5.96. The van der Waals surface area contributed by atoms with Crippen molar-refractivity contribution in [2.24, 2.45) is 7.05 Å². The quantitative estimate of drug-likeness (QED) is 0.489. The van der Waals surface area contributed by atoms with Crippen molar-refractivity contribution in [2.75, 3.05) is 20.1 Å². The number of carbonyl (C=O) groups excluding carboxylic acids is 1. The minimum Gasteiger partial charge on any atom is -0.457 e. The van der Waals surface area contributed by atoms with Crippen LogP contribution in [0.5, 0.6) is 11.5 Å². The molecule has 0 bridgehead atoms. The van der Waals surface area contributed by atoms with E-state index >= 15 is 0 Å². The zero-order valence-electron chi connectivity index (χ0n) is 19.1. The van der Waals surface area contributed by atoms with Crippen LogP contribution in [0.25, 0.3) is 22.2 Å². The molecular weight excluding hydrogens is 414 g/mol. The molecule has 7 heteroatoms. The topological polar surface area (TPSA) is 72.3 Å². The second kappa shape index (κ2) is 8.67. The maximum Gasteiger partial charge on any atom is 0.251 e. The van der Waals surface area contributed by atoms with Crippen LogP contribution in [0.4, 0.5) is 0 Å². The van der Waals surface area contributed by atoms with Gasteiger partial charge in [0, 0.05) is 55.0 Å². The van der Waals surface area contributed by atoms with Gasteiger partial charge in [-0.25, -0.2) is 0 Å². The van der Waals surface area contributed by atoms with Gasteiger partial charge >= 0.3 is 0 Å². The fraction of sp³-hybridized carbons (Fsp3) is 0.269. The standard InChI is InChI=1S/C26H27N5O2/c1-4-17-11-18(6-8-23(17)26(32)29-20-15-30(2)16-20)24-12-22(9-10-27-24)33-21-7-5-19-14-28-31(3)25(19)13-21/h5-14,20H,4,15-16H2,1-3H3,(H,29,32). The lowest BCUT2D eigenvalue weighted by atomic mass is 9.98. The van der Waals surface area contributed by atoms with Gasteiger partial charge < -0.3 is 15.0 Å². The van der Waals surface area contributed by atoms with Crippen molar-refractivity contribution in [3.05, 3.63) is 72.1 Å². The number of hydrogen-bond acceptors (Lipinski definition) is 5. The molecule has 0 aliphatic carbocycles. The Labute approximate surface area is 193 Å². The summed E-state index contributed by atoms with van der Waals surface area (Å²) in [6.07, 6.45) is 4.35. The number of nitrogens with zero attached hydrogens (tertiary/aromatic N) is 4. The number of fused-ring (bicyclic) bond motifs is 1. The highest BCUT2D eigenvalue weighted by Gasteiger charge is 2.25. The predicted octanol–water partition coefficient (Wildman–Crippen LogP) is 4.03. The fourth-order valence-electron chi connectivity index (χ4n) is 4.28. The van der Waals surface area contributed by atoms with Crippen LogP contribution >= 0.6 is 0 Å². The lowest BCUT2D eigenvalue weighted by Crippen LogP contribution is -2.57. The number of likely N-dealkylation sites (tertiary alicyclic amines) is 1. The lowest BCUT2D eigenvalue weighted by molar-refractivity contribution is 0.0857. The molecule has 5 rings (SSSR count). The van der Waals surface area contributed by atoms with E-state index in [-0.39, 0.29) is 11.9 Å². The molecule has 0 atom stereocenters. The van der Waals surface area contributed by atoms with Crippen molar-refractivity contribution in [1.29, 1.82) is 0 Å². The number of pyridine rings is 1. The van der Waals surface area contributed by atoms with Gasteiger partial charge in [0.1, 0.15) is 11.5 Å². The summed E-state index contributed by atoms with van der Waals surface area (Å²) in [7, 11) is 3.97. The number of nitrogens with one attached hydrogen (secondary N) is 1. The number of rotatable bonds is 6. The zero-order chi connectivity index (χ0) is 22.9. The molecule has 4 aromatic rings. The van der Waals surface area contributed by atoms with E-state index in [2.05, 4.69) is 40.3 Å².